The molecule has 0 aliphatic carbocycles. The Morgan fingerprint density at radius 1 is 0.940 bits per heavy atom. The third-order valence-electron chi connectivity index (χ3n) is 10.6. The van der Waals surface area contributed by atoms with Crippen molar-refractivity contribution >= 4 is 51.1 Å². The number of ether oxygens (including phenoxy) is 2. The summed E-state index contributed by atoms with van der Waals surface area (Å²) in [4.78, 5) is 80.5. The number of hydrogen-bond acceptors (Lipinski definition) is 15. The van der Waals surface area contributed by atoms with Crippen molar-refractivity contribution in [2.75, 3.05) is 52.2 Å². The number of nitriles is 1. The van der Waals surface area contributed by atoms with Crippen molar-refractivity contribution in [1.82, 2.24) is 36.1 Å². The Morgan fingerprint density at radius 2 is 1.63 bits per heavy atom. The van der Waals surface area contributed by atoms with Crippen molar-refractivity contribution < 1.29 is 33.4 Å². The largest absolute Gasteiger partial charge is 0.492 e. The summed E-state index contributed by atoms with van der Waals surface area (Å²) in [7, 11) is 5.06. The molecule has 0 radical (unpaired) electrons. The topological polar surface area (TPSA) is 283 Å². The van der Waals surface area contributed by atoms with Gasteiger partial charge in [-0.05, 0) is 74.2 Å². The van der Waals surface area contributed by atoms with Crippen molar-refractivity contribution in [3.63, 3.8) is 0 Å². The number of carbonyl (C=O) groups excluding carboxylic acids is 5. The Morgan fingerprint density at radius 3 is 2.27 bits per heavy atom. The molecule has 1 aliphatic heterocycles. The van der Waals surface area contributed by atoms with Gasteiger partial charge in [0.1, 0.15) is 55.4 Å². The normalized spacial score (nSPS) is 16.3. The summed E-state index contributed by atoms with van der Waals surface area (Å²) in [5, 5.41) is 19.9. The molecule has 1 aromatic heterocycles. The number of carbonyl (C=O) groups is 5. The monoisotopic (exact) mass is 953 g/mol. The molecule has 0 spiro atoms. The second kappa shape index (κ2) is 25.6. The van der Waals surface area contributed by atoms with Crippen LogP contribution in [0.2, 0.25) is 0 Å². The van der Waals surface area contributed by atoms with Gasteiger partial charge in [0, 0.05) is 61.0 Å². The Kier molecular flexibility index (Phi) is 19.8. The van der Waals surface area contributed by atoms with Crippen LogP contribution < -0.4 is 47.9 Å². The van der Waals surface area contributed by atoms with E-state index < -0.39 is 53.7 Å². The maximum Gasteiger partial charge on any atom is 0.255 e. The van der Waals surface area contributed by atoms with Gasteiger partial charge in [-0.2, -0.15) is 5.26 Å². The predicted octanol–water partition coefficient (Wildman–Crippen LogP) is 2.92. The summed E-state index contributed by atoms with van der Waals surface area (Å²) in [6.45, 7) is 5.64. The molecule has 20 heteroatoms. The summed E-state index contributed by atoms with van der Waals surface area (Å²) >= 11 is 0. The first-order valence-corrected chi connectivity index (χ1v) is 24.5. The van der Waals surface area contributed by atoms with Crippen LogP contribution >= 0.6 is 21.6 Å². The highest BCUT2D eigenvalue weighted by Crippen LogP contribution is 2.40. The number of nitrogens with zero attached hydrogens (tertiary/aromatic N) is 4. The smallest absolute Gasteiger partial charge is 0.255 e. The summed E-state index contributed by atoms with van der Waals surface area (Å²) in [5.41, 5.74) is 22.0. The van der Waals surface area contributed by atoms with E-state index in [4.69, 9.17) is 31.9 Å². The quantitative estimate of drug-likeness (QED) is 0.0381. The van der Waals surface area contributed by atoms with Crippen molar-refractivity contribution in [2.45, 2.75) is 70.0 Å². The van der Waals surface area contributed by atoms with E-state index in [-0.39, 0.29) is 57.8 Å². The number of fused-ring (bicyclic) bond motifs is 5. The molecule has 0 saturated heterocycles. The van der Waals surface area contributed by atoms with Crippen LogP contribution in [0.5, 0.6) is 11.5 Å². The van der Waals surface area contributed by atoms with Gasteiger partial charge in [0.25, 0.3) is 5.91 Å². The number of aromatic nitrogens is 2. The van der Waals surface area contributed by atoms with E-state index >= 15 is 0 Å². The van der Waals surface area contributed by atoms with Crippen LogP contribution in [0, 0.1) is 18.3 Å². The van der Waals surface area contributed by atoms with E-state index in [1.54, 1.807) is 54.1 Å². The minimum absolute atomic E-state index is 0.00115. The summed E-state index contributed by atoms with van der Waals surface area (Å²) in [5.74, 6) is -0.187. The number of likely N-dealkylation sites (N-methyl/N-ethyl adjacent to an activating group) is 1. The minimum Gasteiger partial charge on any atom is -0.492 e. The minimum atomic E-state index is -1.40. The molecule has 4 aromatic rings. The second-order valence-electron chi connectivity index (χ2n) is 15.7. The van der Waals surface area contributed by atoms with Crippen LogP contribution in [-0.4, -0.2) is 115 Å². The molecule has 4 atom stereocenters. The molecule has 67 heavy (non-hydrogen) atoms. The molecule has 356 valence electrons. The molecule has 5 amide bonds. The lowest BCUT2D eigenvalue weighted by atomic mass is 9.93. The third-order valence-corrected chi connectivity index (χ3v) is 13.2. The number of aryl methyl sites for hydroxylation is 1. The summed E-state index contributed by atoms with van der Waals surface area (Å²) in [6.07, 6.45) is 2.54. The van der Waals surface area contributed by atoms with E-state index in [1.807, 2.05) is 41.1 Å². The van der Waals surface area contributed by atoms with Gasteiger partial charge in [0.05, 0.1) is 17.3 Å². The first-order chi connectivity index (χ1) is 32.3. The first kappa shape index (κ1) is 51.7. The van der Waals surface area contributed by atoms with Crippen molar-refractivity contribution in [3.8, 4) is 40.1 Å². The zero-order chi connectivity index (χ0) is 48.5. The SMILES string of the molecule is CCCSSCc1ccc(-c2ncc(C(=O)N[C@@H](CCN)C(=O)N(C)[C@@H]3C(=O)N[C@@H](C)C(=O)N[C@H](C(=O)NCC#N)Cc4ccc(OCCN)c(c4)-c4cc3ccc4OCCN)c(C)n2)cc1. The molecule has 10 N–H and O–H groups in total. The van der Waals surface area contributed by atoms with Crippen LogP contribution in [0.4, 0.5) is 0 Å². The van der Waals surface area contributed by atoms with E-state index in [0.717, 1.165) is 23.5 Å². The van der Waals surface area contributed by atoms with Crippen LogP contribution in [0.1, 0.15) is 65.5 Å². The molecule has 5 rings (SSSR count). The van der Waals surface area contributed by atoms with E-state index in [0.29, 0.717) is 45.3 Å². The van der Waals surface area contributed by atoms with Crippen molar-refractivity contribution in [2.24, 2.45) is 17.2 Å². The molecular weight excluding hydrogens is 895 g/mol. The van der Waals surface area contributed by atoms with Gasteiger partial charge in [-0.15, -0.1) is 0 Å². The summed E-state index contributed by atoms with van der Waals surface area (Å²) < 4.78 is 12.2. The maximum atomic E-state index is 14.7. The fourth-order valence-electron chi connectivity index (χ4n) is 7.20. The van der Waals surface area contributed by atoms with Gasteiger partial charge in [0.2, 0.25) is 23.6 Å². The van der Waals surface area contributed by atoms with Crippen molar-refractivity contribution in [1.29, 1.82) is 5.26 Å². The van der Waals surface area contributed by atoms with E-state index in [1.165, 1.54) is 30.6 Å². The molecule has 2 heterocycles. The zero-order valence-corrected chi connectivity index (χ0v) is 39.8. The summed E-state index contributed by atoms with van der Waals surface area (Å²) in [6, 6.07) is 15.0. The van der Waals surface area contributed by atoms with Gasteiger partial charge in [0.15, 0.2) is 5.82 Å². The number of amides is 5. The van der Waals surface area contributed by atoms with Gasteiger partial charge < -0.3 is 52.8 Å². The van der Waals surface area contributed by atoms with Crippen LogP contribution in [0.15, 0.2) is 66.9 Å². The fraction of sp³-hybridized carbons (Fsp3) is 0.404. The van der Waals surface area contributed by atoms with Gasteiger partial charge >= 0.3 is 0 Å². The lowest BCUT2D eigenvalue weighted by Crippen LogP contribution is -2.56. The highest BCUT2D eigenvalue weighted by Gasteiger charge is 2.36. The molecule has 0 saturated carbocycles. The van der Waals surface area contributed by atoms with E-state index in [2.05, 4.69) is 38.2 Å². The second-order valence-corrected chi connectivity index (χ2v) is 18.2. The van der Waals surface area contributed by atoms with Crippen LogP contribution in [0.3, 0.4) is 0 Å². The number of rotatable bonds is 20. The van der Waals surface area contributed by atoms with Crippen LogP contribution in [-0.2, 0) is 31.4 Å². The lowest BCUT2D eigenvalue weighted by Gasteiger charge is -2.32. The predicted molar refractivity (Wildman–Crippen MR) is 260 cm³/mol. The molecule has 4 bridgehead atoms. The average molecular weight is 954 g/mol. The average Bonchev–Trinajstić information content (AvgIpc) is 3.32. The lowest BCUT2D eigenvalue weighted by molar-refractivity contribution is -0.141. The van der Waals surface area contributed by atoms with Gasteiger partial charge in [-0.25, -0.2) is 9.97 Å². The number of nitrogens with one attached hydrogen (secondary N) is 4. The molecular formula is C47H59N11O7S2. The van der Waals surface area contributed by atoms with Crippen molar-refractivity contribution in [3.05, 3.63) is 94.8 Å². The number of hydrogen-bond donors (Lipinski definition) is 7. The molecule has 3 aromatic carbocycles. The molecule has 1 aliphatic rings. The molecule has 0 fully saturated rings. The Hall–Kier alpha value is -6.24. The molecule has 0 unspecified atom stereocenters. The Labute approximate surface area is 398 Å². The van der Waals surface area contributed by atoms with E-state index in [9.17, 15) is 24.0 Å². The standard InChI is InChI=1S/C47H59N11O7S2/c1-5-22-66-67-27-30-6-9-32(10-7-30)42-53-26-36(28(2)54-42)44(60)56-37(14-15-48)47(63)58(4)41-33-11-13-40(65-21-18-51)35(25-33)34-23-31(8-12-39(34)64-20-17-50)24-38(45(61)52-19-16-49)57-43(59)29(3)55-46(41)62/h6-13,23,25-26,29,37-38,41H,5,14-15,17-22,24,27,48,50-51H2,1-4H3,(H,52,61)(H,55,62)(H,56,60)(H,57,59)/t29-,37-,38-,41-/m0/s1. The molecule has 18 nitrogen and oxygen atoms in total. The maximum absolute atomic E-state index is 14.7. The van der Waals surface area contributed by atoms with Gasteiger partial charge in [-0.1, -0.05) is 64.9 Å². The Balaban J connectivity index is 1.51. The number of nitrogens with two attached hydrogens (primary N) is 3. The highest BCUT2D eigenvalue weighted by atomic mass is 33.1. The fourth-order valence-corrected chi connectivity index (χ4v) is 9.40. The van der Waals surface area contributed by atoms with Gasteiger partial charge in [-0.3, -0.25) is 24.0 Å². The highest BCUT2D eigenvalue weighted by molar-refractivity contribution is 8.76. The number of benzene rings is 3. The third kappa shape index (κ3) is 13.9. The Bertz CT molecular complexity index is 2420. The zero-order valence-electron chi connectivity index (χ0n) is 38.1. The first-order valence-electron chi connectivity index (χ1n) is 22.0. The van der Waals surface area contributed by atoms with Crippen LogP contribution in [0.25, 0.3) is 22.5 Å².